The summed E-state index contributed by atoms with van der Waals surface area (Å²) >= 11 is 0. The van der Waals surface area contributed by atoms with Crippen molar-refractivity contribution in [2.75, 3.05) is 42.6 Å². The van der Waals surface area contributed by atoms with Gasteiger partial charge in [-0.25, -0.2) is 45.1 Å². The number of aryl methyl sites for hydroxylation is 2. The van der Waals surface area contributed by atoms with Gasteiger partial charge >= 0.3 is 0 Å². The second-order valence-corrected chi connectivity index (χ2v) is 25.4. The van der Waals surface area contributed by atoms with Crippen molar-refractivity contribution in [2.24, 2.45) is 15.2 Å². The Morgan fingerprint density at radius 1 is 0.731 bits per heavy atom. The van der Waals surface area contributed by atoms with Crippen LogP contribution in [-0.2, 0) is 53.0 Å². The van der Waals surface area contributed by atoms with E-state index in [1.807, 2.05) is 0 Å². The molecule has 8 N–H and O–H groups in total. The maximum Gasteiger partial charge on any atom is 0.296 e. The van der Waals surface area contributed by atoms with Gasteiger partial charge in [0.2, 0.25) is 25.9 Å². The Hall–Kier alpha value is -5.84. The summed E-state index contributed by atoms with van der Waals surface area (Å²) in [5.74, 6) is -0.0992. The van der Waals surface area contributed by atoms with E-state index in [4.69, 9.17) is 19.6 Å². The summed E-state index contributed by atoms with van der Waals surface area (Å²) < 4.78 is 134. The number of aliphatic hydroxyl groups excluding tert-OH is 2. The molecule has 0 saturated carbocycles. The number of aliphatic imine (C=N–C) groups is 1. The van der Waals surface area contributed by atoms with Gasteiger partial charge in [0.1, 0.15) is 32.8 Å². The highest BCUT2D eigenvalue weighted by Crippen LogP contribution is 2.39. The largest absolute Gasteiger partial charge is 0.497 e. The van der Waals surface area contributed by atoms with Gasteiger partial charge in [0.25, 0.3) is 20.1 Å². The van der Waals surface area contributed by atoms with E-state index in [9.17, 15) is 48.4 Å². The van der Waals surface area contributed by atoms with Crippen molar-refractivity contribution in [3.05, 3.63) is 101 Å². The molecule has 1 aliphatic rings. The van der Waals surface area contributed by atoms with E-state index in [1.54, 1.807) is 37.3 Å². The Morgan fingerprint density at radius 2 is 1.41 bits per heavy atom. The fourth-order valence-electron chi connectivity index (χ4n) is 8.64. The molecule has 1 aliphatic heterocycles. The van der Waals surface area contributed by atoms with E-state index in [2.05, 4.69) is 43.8 Å². The van der Waals surface area contributed by atoms with Crippen LogP contribution >= 0.6 is 0 Å². The molecule has 0 spiro atoms. The van der Waals surface area contributed by atoms with E-state index < -0.39 is 67.5 Å². The summed E-state index contributed by atoms with van der Waals surface area (Å²) in [6, 6.07) is 17.2. The Bertz CT molecular complexity index is 3390. The first-order valence-electron chi connectivity index (χ1n) is 26.0. The molecule has 0 fully saturated rings. The smallest absolute Gasteiger partial charge is 0.296 e. The molecule has 426 valence electrons. The molecule has 22 nitrogen and oxygen atoms in total. The monoisotopic (exact) mass is 1160 g/mol. The van der Waals surface area contributed by atoms with Gasteiger partial charge in [-0.1, -0.05) is 90.2 Å². The number of aromatic nitrogens is 3. The molecule has 0 saturated heterocycles. The highest BCUT2D eigenvalue weighted by molar-refractivity contribution is 7.93. The van der Waals surface area contributed by atoms with Crippen molar-refractivity contribution in [1.29, 1.82) is 0 Å². The van der Waals surface area contributed by atoms with Crippen LogP contribution in [0.2, 0.25) is 0 Å². The fraction of sp³-hybridized carbons (Fsp3) is 0.462. The number of rotatable bonds is 33. The molecule has 0 amide bonds. The van der Waals surface area contributed by atoms with E-state index >= 15 is 0 Å². The van der Waals surface area contributed by atoms with Gasteiger partial charge in [-0.15, -0.1) is 9.89 Å². The second-order valence-electron chi connectivity index (χ2n) is 18.9. The van der Waals surface area contributed by atoms with Crippen LogP contribution in [0.15, 0.2) is 97.6 Å². The minimum absolute atomic E-state index is 0.0237. The molecule has 1 unspecified atom stereocenters. The molecule has 78 heavy (non-hydrogen) atoms. The molecule has 2 heterocycles. The number of benzene rings is 4. The van der Waals surface area contributed by atoms with Gasteiger partial charge in [-0.05, 0) is 91.9 Å². The quantitative estimate of drug-likeness (QED) is 0.0156. The number of nitrogens with two attached hydrogens (primary N) is 1. The van der Waals surface area contributed by atoms with Crippen molar-refractivity contribution >= 4 is 68.7 Å². The summed E-state index contributed by atoms with van der Waals surface area (Å²) in [6.07, 6.45) is 9.90. The third-order valence-corrected chi connectivity index (χ3v) is 17.3. The lowest BCUT2D eigenvalue weighted by Gasteiger charge is -2.20. The highest BCUT2D eigenvalue weighted by Gasteiger charge is 2.32. The zero-order valence-electron chi connectivity index (χ0n) is 44.3. The van der Waals surface area contributed by atoms with Crippen LogP contribution in [0.25, 0.3) is 0 Å². The number of nitrogens with one attached hydrogen (secondary N) is 3. The molecule has 6 rings (SSSR count). The number of hydrogen-bond acceptors (Lipinski definition) is 17. The second kappa shape index (κ2) is 27.8. The summed E-state index contributed by atoms with van der Waals surface area (Å²) in [5.41, 5.74) is 2.46. The average molecular weight is 1160 g/mol. The predicted molar refractivity (Wildman–Crippen MR) is 299 cm³/mol. The molecule has 26 heteroatoms. The van der Waals surface area contributed by atoms with Crippen molar-refractivity contribution in [1.82, 2.24) is 19.6 Å². The Kier molecular flexibility index (Phi) is 21.9. The highest BCUT2D eigenvalue weighted by atomic mass is 32.2. The number of nitrogens with zero attached hydrogens (tertiary/aromatic N) is 5. The van der Waals surface area contributed by atoms with Crippen molar-refractivity contribution in [2.45, 2.75) is 138 Å². The summed E-state index contributed by atoms with van der Waals surface area (Å²) in [7, 11) is -17.2. The molecule has 5 aromatic rings. The van der Waals surface area contributed by atoms with Gasteiger partial charge in [0.05, 0.1) is 40.9 Å². The van der Waals surface area contributed by atoms with Crippen LogP contribution in [0, 0.1) is 6.92 Å². The number of aliphatic hydroxyl groups is 2. The van der Waals surface area contributed by atoms with Crippen LogP contribution in [0.4, 0.5) is 17.1 Å². The van der Waals surface area contributed by atoms with Gasteiger partial charge < -0.3 is 25.0 Å². The summed E-state index contributed by atoms with van der Waals surface area (Å²) in [4.78, 5) is 8.44. The van der Waals surface area contributed by atoms with Crippen LogP contribution in [0.1, 0.15) is 132 Å². The van der Waals surface area contributed by atoms with Crippen LogP contribution < -0.4 is 29.4 Å². The third kappa shape index (κ3) is 17.3. The number of unbranched alkanes of at least 4 members (excludes halogenated alkanes) is 9. The third-order valence-electron chi connectivity index (χ3n) is 12.7. The molecule has 0 radical (unpaired) electrons. The fourth-order valence-corrected chi connectivity index (χ4v) is 12.3. The SMILES string of the molecule is CCCCCCCCc1ccc(C(O)CCCCCCC)c(S(=O)(=O)Nc2cc(S(=O)(=O)NCCc3nc4n(n3)N=C(CCO)C4=Nc3ccc(NCCS(N)(=O)=O)c(C)c3)c(Oc3ccc(OC)cc3)cc2S(=O)(=O)O)c1. The molecular weight excluding hydrogens is 1090 g/mol. The maximum atomic E-state index is 14.7. The normalized spacial score (nSPS) is 13.8. The first kappa shape index (κ1) is 61.4. The molecule has 0 aliphatic carbocycles. The van der Waals surface area contributed by atoms with Gasteiger partial charge in [-0.3, -0.25) is 9.27 Å². The lowest BCUT2D eigenvalue weighted by molar-refractivity contribution is 0.160. The minimum Gasteiger partial charge on any atom is -0.497 e. The standard InChI is InChI=1S/C52H71N9O13S4/c1-5-7-9-11-13-14-16-37-18-24-41(45(63)17-15-12-10-8-6-2)47(33-37)77(68,69)60-44-34-49(46(35-48(44)78(70,71)72)74-40-22-20-39(73-4)21-23-40)76(66,67)55-28-26-50-57-52-51(43(27-30-62)58-61(52)59-50)56-38-19-25-42(36(3)32-38)54-29-31-75(53,64)65/h18-25,32-35,45,54-55,60,62-63H,5-17,26-31H2,1-4H3,(H2,53,64,65)(H,70,71,72). The predicted octanol–water partition coefficient (Wildman–Crippen LogP) is 7.67. The molecule has 0 bridgehead atoms. The number of hydrogen-bond donors (Lipinski definition) is 7. The van der Waals surface area contributed by atoms with Crippen molar-refractivity contribution in [3.63, 3.8) is 0 Å². The number of sulfonamides is 3. The van der Waals surface area contributed by atoms with Crippen molar-refractivity contribution < 1.29 is 57.9 Å². The van der Waals surface area contributed by atoms with E-state index in [0.717, 1.165) is 75.8 Å². The van der Waals surface area contributed by atoms with Gasteiger partial charge in [-0.2, -0.15) is 13.5 Å². The molecular formula is C52H71N9O13S4. The first-order chi connectivity index (χ1) is 37.0. The van der Waals surface area contributed by atoms with Crippen LogP contribution in [-0.4, -0.2) is 107 Å². The minimum atomic E-state index is -5.32. The first-order valence-corrected chi connectivity index (χ1v) is 32.1. The molecule has 1 aromatic heterocycles. The number of primary sulfonamides is 1. The van der Waals surface area contributed by atoms with Gasteiger partial charge in [0.15, 0.2) is 5.82 Å². The zero-order valence-corrected chi connectivity index (χ0v) is 47.6. The Morgan fingerprint density at radius 3 is 2.06 bits per heavy atom. The topological polar surface area (TPSA) is 333 Å². The Labute approximate surface area is 457 Å². The van der Waals surface area contributed by atoms with E-state index in [0.29, 0.717) is 53.0 Å². The lowest BCUT2D eigenvalue weighted by atomic mass is 9.99. The van der Waals surface area contributed by atoms with Crippen molar-refractivity contribution in [3.8, 4) is 17.2 Å². The van der Waals surface area contributed by atoms with E-state index in [-0.39, 0.29) is 72.6 Å². The van der Waals surface area contributed by atoms with Crippen LogP contribution in [0.5, 0.6) is 17.2 Å². The molecule has 1 atom stereocenters. The number of anilines is 2. The van der Waals surface area contributed by atoms with Crippen LogP contribution in [0.3, 0.4) is 0 Å². The average Bonchev–Trinajstić information content (AvgIpc) is 3.97. The Balaban J connectivity index is 1.32. The number of methoxy groups -OCH3 is 1. The molecule has 4 aromatic carbocycles. The zero-order chi connectivity index (χ0) is 56.7. The summed E-state index contributed by atoms with van der Waals surface area (Å²) in [6.45, 7) is 5.47. The maximum absolute atomic E-state index is 14.7. The van der Waals surface area contributed by atoms with E-state index in [1.165, 1.54) is 42.2 Å². The lowest BCUT2D eigenvalue weighted by Crippen LogP contribution is -2.27. The van der Waals surface area contributed by atoms with Gasteiger partial charge in [0, 0.05) is 49.9 Å². The number of ether oxygens (including phenoxy) is 2. The number of fused-ring (bicyclic) bond motifs is 1. The summed E-state index contributed by atoms with van der Waals surface area (Å²) in [5, 5.41) is 38.3.